The highest BCUT2D eigenvalue weighted by atomic mass is 35.5. The van der Waals surface area contributed by atoms with Gasteiger partial charge < -0.3 is 9.73 Å². The molecule has 0 radical (unpaired) electrons. The summed E-state index contributed by atoms with van der Waals surface area (Å²) < 4.78 is 5.65. The number of hydrogen-bond acceptors (Lipinski definition) is 5. The fourth-order valence-corrected chi connectivity index (χ4v) is 1.71. The highest BCUT2D eigenvalue weighted by molar-refractivity contribution is 5.85. The Balaban J connectivity index is 0.000000810. The first-order valence-electron chi connectivity index (χ1n) is 5.24. The molecule has 98 valence electrons. The van der Waals surface area contributed by atoms with Crippen LogP contribution in [-0.2, 0) is 5.41 Å². The summed E-state index contributed by atoms with van der Waals surface area (Å²) in [6.45, 7) is 3.88. The van der Waals surface area contributed by atoms with Crippen molar-refractivity contribution in [3.63, 3.8) is 0 Å². The monoisotopic (exact) mass is 288 g/mol. The van der Waals surface area contributed by atoms with E-state index in [4.69, 9.17) is 4.42 Å². The Morgan fingerprint density at radius 1 is 1.22 bits per heavy atom. The average molecular weight is 289 g/mol. The molecule has 2 aromatic heterocycles. The van der Waals surface area contributed by atoms with Gasteiger partial charge in [0.15, 0.2) is 0 Å². The van der Waals surface area contributed by atoms with E-state index < -0.39 is 0 Å². The van der Waals surface area contributed by atoms with Crippen molar-refractivity contribution in [1.29, 1.82) is 0 Å². The second-order valence-corrected chi connectivity index (χ2v) is 4.29. The van der Waals surface area contributed by atoms with Crippen molar-refractivity contribution in [3.05, 3.63) is 30.3 Å². The molecule has 0 unspecified atom stereocenters. The average Bonchev–Trinajstić information content (AvgIpc) is 2.77. The summed E-state index contributed by atoms with van der Waals surface area (Å²) in [6.07, 6.45) is 1.71. The van der Waals surface area contributed by atoms with Crippen LogP contribution in [-0.4, -0.2) is 28.3 Å². The van der Waals surface area contributed by atoms with Crippen LogP contribution in [0.5, 0.6) is 0 Å². The van der Waals surface area contributed by atoms with Crippen molar-refractivity contribution in [2.45, 2.75) is 12.3 Å². The standard InChI is InChI=1S/C11H12N4O.2ClH/c1-11(6-12-7-11)10-15-14-9(16-10)8-4-2-3-5-13-8;;/h2-5,12H,6-7H2,1H3;2*1H. The van der Waals surface area contributed by atoms with Crippen LogP contribution in [0.3, 0.4) is 0 Å². The first kappa shape index (κ1) is 14.9. The Morgan fingerprint density at radius 2 is 2.00 bits per heavy atom. The molecule has 2 aromatic rings. The molecule has 0 atom stereocenters. The molecule has 1 N–H and O–H groups in total. The third-order valence-electron chi connectivity index (χ3n) is 2.86. The molecule has 0 aliphatic carbocycles. The third-order valence-corrected chi connectivity index (χ3v) is 2.86. The predicted molar refractivity (Wildman–Crippen MR) is 72.2 cm³/mol. The Morgan fingerprint density at radius 3 is 2.56 bits per heavy atom. The van der Waals surface area contributed by atoms with E-state index in [0.717, 1.165) is 18.8 Å². The summed E-state index contributed by atoms with van der Waals surface area (Å²) in [5.74, 6) is 1.18. The summed E-state index contributed by atoms with van der Waals surface area (Å²) >= 11 is 0. The van der Waals surface area contributed by atoms with Gasteiger partial charge in [-0.3, -0.25) is 4.98 Å². The number of hydrogen-bond donors (Lipinski definition) is 1. The van der Waals surface area contributed by atoms with Crippen molar-refractivity contribution in [3.8, 4) is 11.6 Å². The quantitative estimate of drug-likeness (QED) is 0.914. The molecule has 1 aliphatic rings. The summed E-state index contributed by atoms with van der Waals surface area (Å²) in [5, 5.41) is 11.3. The first-order valence-corrected chi connectivity index (χ1v) is 5.24. The fraction of sp³-hybridized carbons (Fsp3) is 0.364. The fourth-order valence-electron chi connectivity index (χ4n) is 1.71. The lowest BCUT2D eigenvalue weighted by Crippen LogP contribution is -2.54. The van der Waals surface area contributed by atoms with Crippen LogP contribution >= 0.6 is 24.8 Å². The highest BCUT2D eigenvalue weighted by Gasteiger charge is 2.39. The third kappa shape index (κ3) is 2.48. The lowest BCUT2D eigenvalue weighted by atomic mass is 9.84. The van der Waals surface area contributed by atoms with Gasteiger partial charge in [0.2, 0.25) is 5.89 Å². The second-order valence-electron chi connectivity index (χ2n) is 4.29. The minimum absolute atomic E-state index is 0. The number of nitrogens with one attached hydrogen (secondary N) is 1. The first-order chi connectivity index (χ1) is 7.78. The zero-order chi connectivity index (χ0) is 11.0. The van der Waals surface area contributed by atoms with Crippen LogP contribution in [0, 0.1) is 0 Å². The molecule has 18 heavy (non-hydrogen) atoms. The summed E-state index contributed by atoms with van der Waals surface area (Å²) in [7, 11) is 0. The van der Waals surface area contributed by atoms with Gasteiger partial charge in [0.05, 0.1) is 5.41 Å². The van der Waals surface area contributed by atoms with Gasteiger partial charge in [-0.05, 0) is 19.1 Å². The molecule has 3 heterocycles. The second kappa shape index (κ2) is 5.65. The maximum atomic E-state index is 5.65. The van der Waals surface area contributed by atoms with Crippen molar-refractivity contribution in [1.82, 2.24) is 20.5 Å². The minimum Gasteiger partial charge on any atom is -0.419 e. The molecular formula is C11H14Cl2N4O. The molecule has 5 nitrogen and oxygen atoms in total. The molecule has 0 aromatic carbocycles. The van der Waals surface area contributed by atoms with Crippen molar-refractivity contribution in [2.24, 2.45) is 0 Å². The maximum Gasteiger partial charge on any atom is 0.266 e. The van der Waals surface area contributed by atoms with Crippen LogP contribution in [0.2, 0.25) is 0 Å². The van der Waals surface area contributed by atoms with Crippen LogP contribution in [0.4, 0.5) is 0 Å². The van der Waals surface area contributed by atoms with E-state index in [1.54, 1.807) is 6.20 Å². The predicted octanol–water partition coefficient (Wildman–Crippen LogP) is 1.84. The number of nitrogens with zero attached hydrogens (tertiary/aromatic N) is 3. The molecule has 0 amide bonds. The SMILES string of the molecule is CC1(c2nnc(-c3ccccn3)o2)CNC1.Cl.Cl. The zero-order valence-corrected chi connectivity index (χ0v) is 11.4. The topological polar surface area (TPSA) is 63.8 Å². The lowest BCUT2D eigenvalue weighted by molar-refractivity contribution is 0.244. The van der Waals surface area contributed by atoms with Gasteiger partial charge in [-0.25, -0.2) is 0 Å². The molecule has 0 saturated carbocycles. The smallest absolute Gasteiger partial charge is 0.266 e. The minimum atomic E-state index is -0.0139. The van der Waals surface area contributed by atoms with Gasteiger partial charge >= 0.3 is 0 Å². The van der Waals surface area contributed by atoms with Gasteiger partial charge in [-0.2, -0.15) is 0 Å². The largest absolute Gasteiger partial charge is 0.419 e. The molecule has 3 rings (SSSR count). The van der Waals surface area contributed by atoms with E-state index in [-0.39, 0.29) is 30.2 Å². The van der Waals surface area contributed by atoms with E-state index >= 15 is 0 Å². The van der Waals surface area contributed by atoms with Crippen LogP contribution in [0.15, 0.2) is 28.8 Å². The molecule has 1 aliphatic heterocycles. The molecule has 0 bridgehead atoms. The summed E-state index contributed by atoms with van der Waals surface area (Å²) in [4.78, 5) is 4.18. The molecule has 0 spiro atoms. The van der Waals surface area contributed by atoms with E-state index in [9.17, 15) is 0 Å². The molecule has 1 fully saturated rings. The molecule has 1 saturated heterocycles. The van der Waals surface area contributed by atoms with Gasteiger partial charge in [-0.15, -0.1) is 35.0 Å². The normalized spacial score (nSPS) is 16.1. The summed E-state index contributed by atoms with van der Waals surface area (Å²) in [5.41, 5.74) is 0.706. The van der Waals surface area contributed by atoms with E-state index in [1.165, 1.54) is 0 Å². The highest BCUT2D eigenvalue weighted by Crippen LogP contribution is 2.28. The molecular weight excluding hydrogens is 275 g/mol. The van der Waals surface area contributed by atoms with Gasteiger partial charge in [-0.1, -0.05) is 6.07 Å². The van der Waals surface area contributed by atoms with Gasteiger partial charge in [0.1, 0.15) is 5.69 Å². The number of aromatic nitrogens is 3. The number of rotatable bonds is 2. The van der Waals surface area contributed by atoms with Crippen molar-refractivity contribution < 1.29 is 4.42 Å². The van der Waals surface area contributed by atoms with Crippen LogP contribution in [0.25, 0.3) is 11.6 Å². The van der Waals surface area contributed by atoms with E-state index in [2.05, 4.69) is 27.4 Å². The van der Waals surface area contributed by atoms with E-state index in [0.29, 0.717) is 11.8 Å². The number of halogens is 2. The maximum absolute atomic E-state index is 5.65. The van der Waals surface area contributed by atoms with Crippen molar-refractivity contribution in [2.75, 3.05) is 13.1 Å². The lowest BCUT2D eigenvalue weighted by Gasteiger charge is -2.35. The van der Waals surface area contributed by atoms with Gasteiger partial charge in [0, 0.05) is 19.3 Å². The Bertz CT molecular complexity index is 499. The Labute approximate surface area is 117 Å². The van der Waals surface area contributed by atoms with Gasteiger partial charge in [0.25, 0.3) is 5.89 Å². The Kier molecular flexibility index (Phi) is 4.67. The van der Waals surface area contributed by atoms with Crippen LogP contribution < -0.4 is 5.32 Å². The zero-order valence-electron chi connectivity index (χ0n) is 9.79. The summed E-state index contributed by atoms with van der Waals surface area (Å²) in [6, 6.07) is 5.62. The van der Waals surface area contributed by atoms with Crippen LogP contribution in [0.1, 0.15) is 12.8 Å². The Hall–Kier alpha value is -1.17. The molecule has 7 heteroatoms. The van der Waals surface area contributed by atoms with Crippen molar-refractivity contribution >= 4 is 24.8 Å². The van der Waals surface area contributed by atoms with E-state index in [1.807, 2.05) is 18.2 Å². The number of pyridine rings is 1.